The van der Waals surface area contributed by atoms with Gasteiger partial charge in [0.15, 0.2) is 0 Å². The zero-order chi connectivity index (χ0) is 22.2. The van der Waals surface area contributed by atoms with Crippen LogP contribution in [0.1, 0.15) is 35.2 Å². The molecule has 2 aromatic heterocycles. The van der Waals surface area contributed by atoms with E-state index in [1.807, 2.05) is 6.07 Å². The average molecular weight is 429 g/mol. The van der Waals surface area contributed by atoms with Crippen molar-refractivity contribution in [3.05, 3.63) is 42.0 Å². The molecule has 2 aromatic rings. The number of nitrogens with zero attached hydrogens (tertiary/aromatic N) is 5. The van der Waals surface area contributed by atoms with Gasteiger partial charge in [0.1, 0.15) is 18.0 Å². The third-order valence-electron chi connectivity index (χ3n) is 5.60. The van der Waals surface area contributed by atoms with E-state index >= 15 is 0 Å². The Labute approximate surface area is 180 Å². The molecule has 2 saturated heterocycles. The summed E-state index contributed by atoms with van der Waals surface area (Å²) in [6.45, 7) is 3.18. The summed E-state index contributed by atoms with van der Waals surface area (Å²) in [4.78, 5) is 36.9. The van der Waals surface area contributed by atoms with Crippen LogP contribution in [-0.2, 0) is 11.2 Å². The van der Waals surface area contributed by atoms with E-state index in [-0.39, 0.29) is 18.1 Å². The summed E-state index contributed by atoms with van der Waals surface area (Å²) in [6, 6.07) is 3.75. The lowest BCUT2D eigenvalue weighted by Crippen LogP contribution is -2.36. The number of piperidine rings is 1. The van der Waals surface area contributed by atoms with Crippen LogP contribution in [0.3, 0.4) is 0 Å². The molecule has 0 aliphatic carbocycles. The molecule has 2 fully saturated rings. The fourth-order valence-electron chi connectivity index (χ4n) is 4.03. The summed E-state index contributed by atoms with van der Waals surface area (Å²) in [5.74, 6) is 1.34. The number of hydrogen-bond acceptors (Lipinski definition) is 8. The lowest BCUT2D eigenvalue weighted by Gasteiger charge is -2.31. The van der Waals surface area contributed by atoms with E-state index < -0.39 is 5.97 Å². The molecular weight excluding hydrogens is 402 g/mol. The first-order valence-electron chi connectivity index (χ1n) is 10.2. The molecule has 0 spiro atoms. The van der Waals surface area contributed by atoms with Gasteiger partial charge in [-0.2, -0.15) is 0 Å². The summed E-state index contributed by atoms with van der Waals surface area (Å²) in [7, 11) is 0. The summed E-state index contributed by atoms with van der Waals surface area (Å²) < 4.78 is 0. The lowest BCUT2D eigenvalue weighted by molar-refractivity contribution is -0.122. The molecule has 31 heavy (non-hydrogen) atoms. The second-order valence-corrected chi connectivity index (χ2v) is 7.75. The molecule has 1 unspecified atom stereocenters. The highest BCUT2D eigenvalue weighted by molar-refractivity contribution is 5.87. The van der Waals surface area contributed by atoms with Crippen LogP contribution in [0.25, 0.3) is 0 Å². The predicted molar refractivity (Wildman–Crippen MR) is 113 cm³/mol. The largest absolute Gasteiger partial charge is 0.483 e. The normalized spacial score (nSPS) is 18.9. The lowest BCUT2D eigenvalue weighted by atomic mass is 9.99. The minimum absolute atomic E-state index is 0.203. The molecule has 10 nitrogen and oxygen atoms in total. The Balaban J connectivity index is 0.000000858. The summed E-state index contributed by atoms with van der Waals surface area (Å²) >= 11 is 0. The maximum absolute atomic E-state index is 11.1. The number of carbonyl (C=O) groups is 2. The number of aromatic carboxylic acids is 1. The van der Waals surface area contributed by atoms with Crippen molar-refractivity contribution in [3.63, 3.8) is 0 Å². The molecule has 1 atom stereocenters. The molecule has 0 saturated carbocycles. The molecule has 2 aliphatic heterocycles. The first kappa shape index (κ1) is 22.4. The van der Waals surface area contributed by atoms with Gasteiger partial charge in [-0.1, -0.05) is 0 Å². The van der Waals surface area contributed by atoms with Crippen molar-refractivity contribution in [1.29, 1.82) is 0 Å². The minimum atomic E-state index is -0.943. The highest BCUT2D eigenvalue weighted by Crippen LogP contribution is 2.27. The van der Waals surface area contributed by atoms with Crippen LogP contribution in [0.2, 0.25) is 0 Å². The summed E-state index contributed by atoms with van der Waals surface area (Å²) in [5.41, 5.74) is 1.20. The van der Waals surface area contributed by atoms with Gasteiger partial charge in [-0.3, -0.25) is 9.78 Å². The third kappa shape index (κ3) is 6.11. The zero-order valence-electron chi connectivity index (χ0n) is 17.2. The van der Waals surface area contributed by atoms with E-state index in [4.69, 9.17) is 15.0 Å². The van der Waals surface area contributed by atoms with Gasteiger partial charge in [-0.15, -0.1) is 0 Å². The van der Waals surface area contributed by atoms with Crippen molar-refractivity contribution in [1.82, 2.24) is 15.0 Å². The number of anilines is 2. The van der Waals surface area contributed by atoms with Crippen LogP contribution in [0.4, 0.5) is 11.6 Å². The topological polar surface area (TPSA) is 140 Å². The molecule has 4 heterocycles. The Morgan fingerprint density at radius 2 is 1.71 bits per heavy atom. The molecule has 10 heteroatoms. The van der Waals surface area contributed by atoms with Crippen molar-refractivity contribution in [2.75, 3.05) is 36.0 Å². The fourth-order valence-corrected chi connectivity index (χ4v) is 4.03. The van der Waals surface area contributed by atoms with Gasteiger partial charge in [-0.25, -0.2) is 14.8 Å². The maximum atomic E-state index is 11.1. The number of hydrogen-bond donors (Lipinski definition) is 3. The van der Waals surface area contributed by atoms with Crippen molar-refractivity contribution in [2.45, 2.75) is 31.8 Å². The van der Waals surface area contributed by atoms with Gasteiger partial charge in [0.05, 0.1) is 11.7 Å². The smallest absolute Gasteiger partial charge is 0.337 e. The molecule has 2 aliphatic rings. The van der Waals surface area contributed by atoms with Crippen LogP contribution < -0.4 is 9.80 Å². The standard InChI is InChI=1S/C20H25N5O3.CH2O2/c26-17-2-5-24(6-3-17)18-9-19(23-13-22-18)25-4-1-14(12-25)7-15-8-16(20(27)28)11-21-10-15;2-1-3/h8-11,13-14,17,26H,1-7,12H2,(H,27,28);1H,(H,2,3). The Bertz CT molecular complexity index is 888. The summed E-state index contributed by atoms with van der Waals surface area (Å²) in [6.07, 6.45) is 7.94. The molecule has 0 radical (unpaired) electrons. The van der Waals surface area contributed by atoms with Gasteiger partial charge >= 0.3 is 5.97 Å². The molecule has 166 valence electrons. The molecular formula is C21H27N5O5. The predicted octanol–water partition coefficient (Wildman–Crippen LogP) is 1.30. The van der Waals surface area contributed by atoms with Gasteiger partial charge in [0.25, 0.3) is 6.47 Å². The van der Waals surface area contributed by atoms with E-state index in [0.717, 1.165) is 69.1 Å². The monoisotopic (exact) mass is 429 g/mol. The highest BCUT2D eigenvalue weighted by atomic mass is 16.4. The highest BCUT2D eigenvalue weighted by Gasteiger charge is 2.25. The van der Waals surface area contributed by atoms with Crippen LogP contribution in [0.5, 0.6) is 0 Å². The van der Waals surface area contributed by atoms with E-state index in [1.54, 1.807) is 18.6 Å². The first-order chi connectivity index (χ1) is 15.0. The van der Waals surface area contributed by atoms with Crippen LogP contribution in [0.15, 0.2) is 30.9 Å². The SMILES string of the molecule is O=C(O)c1cncc(CC2CCN(c3cc(N4CCC(O)CC4)ncn3)C2)c1.O=CO. The van der Waals surface area contributed by atoms with E-state index in [1.165, 1.54) is 6.20 Å². The molecule has 0 amide bonds. The zero-order valence-corrected chi connectivity index (χ0v) is 17.2. The maximum Gasteiger partial charge on any atom is 0.337 e. The van der Waals surface area contributed by atoms with Crippen LogP contribution in [-0.4, -0.2) is 75.0 Å². The van der Waals surface area contributed by atoms with Crippen LogP contribution >= 0.6 is 0 Å². The van der Waals surface area contributed by atoms with Crippen molar-refractivity contribution in [2.24, 2.45) is 5.92 Å². The average Bonchev–Trinajstić information content (AvgIpc) is 3.24. The molecule has 0 bridgehead atoms. The molecule has 4 rings (SSSR count). The van der Waals surface area contributed by atoms with E-state index in [2.05, 4.69) is 24.8 Å². The number of pyridine rings is 1. The fraction of sp³-hybridized carbons (Fsp3) is 0.476. The van der Waals surface area contributed by atoms with E-state index in [9.17, 15) is 9.90 Å². The van der Waals surface area contributed by atoms with E-state index in [0.29, 0.717) is 5.92 Å². The second kappa shape index (κ2) is 10.7. The van der Waals surface area contributed by atoms with Crippen LogP contribution in [0, 0.1) is 5.92 Å². The number of aliphatic hydroxyl groups is 1. The Morgan fingerprint density at radius 3 is 2.39 bits per heavy atom. The Hall–Kier alpha value is -3.27. The van der Waals surface area contributed by atoms with Gasteiger partial charge in [0, 0.05) is 44.6 Å². The van der Waals surface area contributed by atoms with Gasteiger partial charge in [-0.05, 0) is 43.2 Å². The number of aromatic nitrogens is 3. The number of rotatable bonds is 5. The quantitative estimate of drug-likeness (QED) is 0.596. The Morgan fingerprint density at radius 1 is 1.06 bits per heavy atom. The number of carboxylic acid groups (broad SMARTS) is 2. The van der Waals surface area contributed by atoms with Crippen molar-refractivity contribution >= 4 is 24.1 Å². The van der Waals surface area contributed by atoms with Crippen molar-refractivity contribution < 1.29 is 24.9 Å². The molecule has 3 N–H and O–H groups in total. The minimum Gasteiger partial charge on any atom is -0.483 e. The number of carboxylic acids is 1. The Kier molecular flexibility index (Phi) is 7.71. The first-order valence-corrected chi connectivity index (χ1v) is 10.2. The number of aliphatic hydroxyl groups excluding tert-OH is 1. The van der Waals surface area contributed by atoms with Crippen molar-refractivity contribution in [3.8, 4) is 0 Å². The summed E-state index contributed by atoms with van der Waals surface area (Å²) in [5, 5.41) is 25.7. The van der Waals surface area contributed by atoms with Gasteiger partial charge in [0.2, 0.25) is 0 Å². The second-order valence-electron chi connectivity index (χ2n) is 7.75. The molecule has 0 aromatic carbocycles. The van der Waals surface area contributed by atoms with Gasteiger partial charge < -0.3 is 25.1 Å². The third-order valence-corrected chi connectivity index (χ3v) is 5.60.